The highest BCUT2D eigenvalue weighted by Crippen LogP contribution is 2.60. The molecule has 0 bridgehead atoms. The van der Waals surface area contributed by atoms with Crippen molar-refractivity contribution < 1.29 is 9.59 Å². The Labute approximate surface area is 512 Å². The molecular formula is C78H92N2O2S2. The van der Waals surface area contributed by atoms with Crippen LogP contribution < -0.4 is 0 Å². The van der Waals surface area contributed by atoms with Gasteiger partial charge in [0.1, 0.15) is 0 Å². The molecule has 6 aromatic rings. The lowest BCUT2D eigenvalue weighted by atomic mass is 9.69. The van der Waals surface area contributed by atoms with Crippen LogP contribution in [0.25, 0.3) is 66.0 Å². The van der Waals surface area contributed by atoms with E-state index < -0.39 is 0 Å². The summed E-state index contributed by atoms with van der Waals surface area (Å²) in [5.41, 5.74) is 20.3. The van der Waals surface area contributed by atoms with Crippen molar-refractivity contribution >= 4 is 58.0 Å². The molecule has 6 heteroatoms. The minimum absolute atomic E-state index is 0.0919. The van der Waals surface area contributed by atoms with Gasteiger partial charge in [-0.05, 0) is 167 Å². The SMILES string of the molecule is CCCCCCCCC1(CCCCCCCC)c2cc(C)ccc2-c2cc3c(cc21)C1=C2C(=O)N4C=Cc5cc6c(cc5C4=C2C(=O)N1C=C3)C(CCCCCCCC)(CCCCCCCC)c1cc(-c2ccc(-c3ccc(C)s3)s2)ccc1-6. The van der Waals surface area contributed by atoms with Crippen LogP contribution in [-0.4, -0.2) is 21.6 Å². The van der Waals surface area contributed by atoms with Gasteiger partial charge in [-0.2, -0.15) is 0 Å². The van der Waals surface area contributed by atoms with E-state index in [1.54, 1.807) is 0 Å². The van der Waals surface area contributed by atoms with E-state index in [1.165, 1.54) is 229 Å². The average Bonchev–Trinajstić information content (AvgIpc) is 1.58. The Kier molecular flexibility index (Phi) is 17.9. The van der Waals surface area contributed by atoms with E-state index in [1.807, 2.05) is 44.9 Å². The van der Waals surface area contributed by atoms with Gasteiger partial charge in [-0.1, -0.05) is 218 Å². The number of hydrogen-bond acceptors (Lipinski definition) is 4. The minimum atomic E-state index is -0.204. The van der Waals surface area contributed by atoms with E-state index in [0.29, 0.717) is 11.1 Å². The van der Waals surface area contributed by atoms with Crippen molar-refractivity contribution in [3.8, 4) is 42.4 Å². The molecule has 2 aliphatic carbocycles. The third-order valence-electron chi connectivity index (χ3n) is 20.3. The largest absolute Gasteiger partial charge is 0.282 e. The summed E-state index contributed by atoms with van der Waals surface area (Å²) >= 11 is 3.79. The number of nitrogens with zero attached hydrogens (tertiary/aromatic N) is 2. The zero-order valence-corrected chi connectivity index (χ0v) is 53.4. The normalized spacial score (nSPS) is 16.1. The molecule has 2 amide bonds. The Morgan fingerprint density at radius 3 is 1.21 bits per heavy atom. The number of fused-ring (bicyclic) bond motifs is 13. The summed E-state index contributed by atoms with van der Waals surface area (Å²) in [4.78, 5) is 40.2. The average molecular weight is 1150 g/mol. The van der Waals surface area contributed by atoms with Gasteiger partial charge in [0.25, 0.3) is 11.8 Å². The van der Waals surface area contributed by atoms with Crippen LogP contribution in [0.4, 0.5) is 0 Å². The third kappa shape index (κ3) is 10.7. The van der Waals surface area contributed by atoms with E-state index in [2.05, 4.69) is 139 Å². The van der Waals surface area contributed by atoms with Gasteiger partial charge in [0.15, 0.2) is 0 Å². The zero-order chi connectivity index (χ0) is 58.0. The van der Waals surface area contributed by atoms with Crippen molar-refractivity contribution in [2.75, 3.05) is 0 Å². The summed E-state index contributed by atoms with van der Waals surface area (Å²) in [7, 11) is 0. The summed E-state index contributed by atoms with van der Waals surface area (Å²) in [6.45, 7) is 13.7. The first-order valence-electron chi connectivity index (χ1n) is 33.5. The Morgan fingerprint density at radius 1 is 0.369 bits per heavy atom. The molecule has 0 fully saturated rings. The van der Waals surface area contributed by atoms with E-state index in [0.717, 1.165) is 59.3 Å². The lowest BCUT2D eigenvalue weighted by Crippen LogP contribution is -2.28. The highest BCUT2D eigenvalue weighted by molar-refractivity contribution is 7.23. The lowest BCUT2D eigenvalue weighted by Gasteiger charge is -2.34. The van der Waals surface area contributed by atoms with E-state index >= 15 is 9.59 Å². The maximum Gasteiger partial charge on any atom is 0.265 e. The number of hydrogen-bond donors (Lipinski definition) is 0. The van der Waals surface area contributed by atoms with Gasteiger partial charge in [-0.3, -0.25) is 19.4 Å². The first-order chi connectivity index (χ1) is 41.1. The Hall–Kier alpha value is -5.82. The van der Waals surface area contributed by atoms with Crippen LogP contribution in [0.3, 0.4) is 0 Å². The van der Waals surface area contributed by atoms with Crippen LogP contribution in [0.2, 0.25) is 0 Å². The number of amides is 2. The molecular weight excluding hydrogens is 1060 g/mol. The summed E-state index contributed by atoms with van der Waals surface area (Å²) < 4.78 is 0. The van der Waals surface area contributed by atoms with Crippen LogP contribution in [0.5, 0.6) is 0 Å². The molecule has 0 N–H and O–H groups in total. The van der Waals surface area contributed by atoms with Crippen LogP contribution in [0.15, 0.2) is 108 Å². The molecule has 2 aromatic heterocycles. The van der Waals surface area contributed by atoms with Gasteiger partial charge < -0.3 is 0 Å². The molecule has 84 heavy (non-hydrogen) atoms. The van der Waals surface area contributed by atoms with Crippen LogP contribution >= 0.6 is 22.7 Å². The molecule has 0 atom stereocenters. The van der Waals surface area contributed by atoms with E-state index in [-0.39, 0.29) is 22.6 Å². The van der Waals surface area contributed by atoms with Crippen molar-refractivity contribution in [2.24, 2.45) is 0 Å². The highest BCUT2D eigenvalue weighted by atomic mass is 32.1. The molecule has 4 aromatic carbocycles. The topological polar surface area (TPSA) is 40.6 Å². The van der Waals surface area contributed by atoms with Crippen LogP contribution in [0, 0.1) is 13.8 Å². The van der Waals surface area contributed by atoms with Gasteiger partial charge in [0.2, 0.25) is 0 Å². The maximum absolute atomic E-state index is 15.6. The van der Waals surface area contributed by atoms with E-state index in [4.69, 9.17) is 0 Å². The van der Waals surface area contributed by atoms with Gasteiger partial charge in [0, 0.05) is 53.9 Å². The second kappa shape index (κ2) is 25.6. The van der Waals surface area contributed by atoms with Crippen molar-refractivity contribution in [2.45, 2.75) is 232 Å². The predicted octanol–water partition coefficient (Wildman–Crippen LogP) is 23.1. The first-order valence-corrected chi connectivity index (χ1v) is 35.1. The van der Waals surface area contributed by atoms with Gasteiger partial charge in [-0.15, -0.1) is 22.7 Å². The molecule has 4 aliphatic heterocycles. The Morgan fingerprint density at radius 2 is 0.762 bits per heavy atom. The van der Waals surface area contributed by atoms with Crippen LogP contribution in [0.1, 0.15) is 262 Å². The quantitative estimate of drug-likeness (QED) is 0.0422. The lowest BCUT2D eigenvalue weighted by molar-refractivity contribution is -0.122. The monoisotopic (exact) mass is 1150 g/mol. The second-order valence-corrected chi connectivity index (χ2v) is 28.4. The Bertz CT molecular complexity index is 3540. The van der Waals surface area contributed by atoms with Crippen LogP contribution in [-0.2, 0) is 20.4 Å². The number of rotatable bonds is 30. The molecule has 0 radical (unpaired) electrons. The molecule has 438 valence electrons. The number of unbranched alkanes of at least 4 members (excludes halogenated alkanes) is 20. The van der Waals surface area contributed by atoms with Gasteiger partial charge in [0.05, 0.1) is 22.5 Å². The molecule has 6 heterocycles. The Balaban J connectivity index is 0.975. The van der Waals surface area contributed by atoms with E-state index in [9.17, 15) is 0 Å². The third-order valence-corrected chi connectivity index (χ3v) is 22.6. The summed E-state index contributed by atoms with van der Waals surface area (Å²) in [6, 6.07) is 33.6. The molecule has 0 saturated carbocycles. The number of carbonyl (C=O) groups excluding carboxylic acids is 2. The maximum atomic E-state index is 15.6. The van der Waals surface area contributed by atoms with Crippen molar-refractivity contribution in [3.05, 3.63) is 163 Å². The summed E-state index contributed by atoms with van der Waals surface area (Å²) in [5, 5.41) is 0. The molecule has 0 saturated heterocycles. The number of thiophene rings is 2. The predicted molar refractivity (Wildman–Crippen MR) is 359 cm³/mol. The number of carbonyl (C=O) groups is 2. The summed E-state index contributed by atoms with van der Waals surface area (Å²) in [5.74, 6) is -0.184. The summed E-state index contributed by atoms with van der Waals surface area (Å²) in [6.07, 6.45) is 42.8. The number of aryl methyl sites for hydroxylation is 2. The number of benzene rings is 4. The second-order valence-electron chi connectivity index (χ2n) is 26.0. The molecule has 0 spiro atoms. The standard InChI is InChI=1S/C78H92N2O2S2/c1-7-11-15-19-23-27-41-77(42-28-24-20-16-12-8-2)64-47-53(5)31-34-58(64)62-48-55-39-45-79-73(60(55)51-66(62)77)71-72(76(79)82)74-61-52-67-63(49-56(61)40-46-80(74)75(71)81)59-35-33-57(68-37-38-70(84-68)69-36-32-54(6)83-69)50-65(59)78(67,43-29-25-21-17-13-9-3)44-30-26-22-18-14-10-4/h31-40,45-52H,7-30,41-44H2,1-6H3. The van der Waals surface area contributed by atoms with Gasteiger partial charge >= 0.3 is 0 Å². The van der Waals surface area contributed by atoms with Crippen molar-refractivity contribution in [1.29, 1.82) is 0 Å². The first kappa shape index (κ1) is 58.6. The van der Waals surface area contributed by atoms with Gasteiger partial charge in [-0.25, -0.2) is 0 Å². The smallest absolute Gasteiger partial charge is 0.265 e. The molecule has 0 unspecified atom stereocenters. The zero-order valence-electron chi connectivity index (χ0n) is 51.7. The minimum Gasteiger partial charge on any atom is -0.282 e. The fraction of sp³-hybridized carbons (Fsp3) is 0.462. The fourth-order valence-corrected chi connectivity index (χ4v) is 17.8. The molecule has 12 rings (SSSR count). The highest BCUT2D eigenvalue weighted by Gasteiger charge is 2.52. The molecule has 6 aliphatic rings. The van der Waals surface area contributed by atoms with Crippen molar-refractivity contribution in [3.63, 3.8) is 0 Å². The van der Waals surface area contributed by atoms with Crippen molar-refractivity contribution in [1.82, 2.24) is 9.80 Å². The molecule has 4 nitrogen and oxygen atoms in total. The fourth-order valence-electron chi connectivity index (χ4n) is 15.9.